The highest BCUT2D eigenvalue weighted by atomic mass is 32.2. The average Bonchev–Trinajstić information content (AvgIpc) is 2.30. The summed E-state index contributed by atoms with van der Waals surface area (Å²) in [6.45, 7) is 2.52. The normalized spacial score (nSPS) is 22.2. The van der Waals surface area contributed by atoms with Crippen LogP contribution in [0.5, 0.6) is 0 Å². The Hall–Kier alpha value is -1.17. The first-order chi connectivity index (χ1) is 9.38. The Morgan fingerprint density at radius 1 is 1.50 bits per heavy atom. The molecule has 0 atom stereocenters. The molecule has 1 saturated carbocycles. The van der Waals surface area contributed by atoms with Crippen molar-refractivity contribution in [2.24, 2.45) is 0 Å². The van der Waals surface area contributed by atoms with E-state index in [1.807, 2.05) is 17.9 Å². The zero-order valence-corrected chi connectivity index (χ0v) is 12.4. The molecule has 1 fully saturated rings. The van der Waals surface area contributed by atoms with Crippen LogP contribution in [0.4, 0.5) is 0 Å². The van der Waals surface area contributed by atoms with Gasteiger partial charge >= 0.3 is 5.97 Å². The van der Waals surface area contributed by atoms with Crippen molar-refractivity contribution in [1.82, 2.24) is 9.62 Å². The lowest BCUT2D eigenvalue weighted by Crippen LogP contribution is -2.55. The molecule has 1 aliphatic carbocycles. The van der Waals surface area contributed by atoms with E-state index in [1.165, 1.54) is 0 Å². The van der Waals surface area contributed by atoms with Crippen LogP contribution in [-0.4, -0.2) is 55.3 Å². The minimum Gasteiger partial charge on any atom is -0.480 e. The molecule has 0 aliphatic heterocycles. The molecule has 0 unspecified atom stereocenters. The molecule has 0 aromatic rings. The minimum atomic E-state index is -3.33. The number of hydrogen-bond donors (Lipinski definition) is 2. The molecule has 0 aromatic carbocycles. The number of hydrogen-bond acceptors (Lipinski definition) is 5. The van der Waals surface area contributed by atoms with Crippen molar-refractivity contribution in [3.63, 3.8) is 0 Å². The van der Waals surface area contributed by atoms with Gasteiger partial charge in [-0.25, -0.2) is 13.1 Å². The number of sulfonamides is 1. The third-order valence-electron chi connectivity index (χ3n) is 3.42. The summed E-state index contributed by atoms with van der Waals surface area (Å²) in [7, 11) is -3.33. The van der Waals surface area contributed by atoms with Crippen molar-refractivity contribution >= 4 is 16.0 Å². The predicted molar refractivity (Wildman–Crippen MR) is 73.5 cm³/mol. The first-order valence-electron chi connectivity index (χ1n) is 6.70. The zero-order chi connectivity index (χ0) is 15.2. The molecule has 0 saturated heterocycles. The van der Waals surface area contributed by atoms with Gasteiger partial charge in [0.25, 0.3) is 0 Å². The van der Waals surface area contributed by atoms with Gasteiger partial charge in [0.15, 0.2) is 0 Å². The van der Waals surface area contributed by atoms with E-state index in [-0.39, 0.29) is 30.8 Å². The summed E-state index contributed by atoms with van der Waals surface area (Å²) in [6, 6.07) is 1.93. The van der Waals surface area contributed by atoms with E-state index >= 15 is 0 Å². The van der Waals surface area contributed by atoms with Gasteiger partial charge in [0.2, 0.25) is 10.0 Å². The zero-order valence-electron chi connectivity index (χ0n) is 11.6. The Morgan fingerprint density at radius 3 is 2.65 bits per heavy atom. The summed E-state index contributed by atoms with van der Waals surface area (Å²) in [5.41, 5.74) is 0. The van der Waals surface area contributed by atoms with Gasteiger partial charge in [0, 0.05) is 18.5 Å². The van der Waals surface area contributed by atoms with E-state index in [0.29, 0.717) is 25.8 Å². The number of nitrogens with one attached hydrogen (secondary N) is 1. The Labute approximate surface area is 119 Å². The van der Waals surface area contributed by atoms with Gasteiger partial charge in [-0.15, -0.1) is 0 Å². The van der Waals surface area contributed by atoms with Crippen molar-refractivity contribution in [3.05, 3.63) is 0 Å². The van der Waals surface area contributed by atoms with Crippen LogP contribution < -0.4 is 4.72 Å². The number of nitrogens with zero attached hydrogens (tertiary/aromatic N) is 2. The second-order valence-corrected chi connectivity index (χ2v) is 6.85. The van der Waals surface area contributed by atoms with E-state index in [2.05, 4.69) is 4.72 Å². The number of rotatable bonds is 9. The monoisotopic (exact) mass is 303 g/mol. The molecule has 0 aromatic heterocycles. The third kappa shape index (κ3) is 5.45. The van der Waals surface area contributed by atoms with E-state index in [4.69, 9.17) is 10.4 Å². The summed E-state index contributed by atoms with van der Waals surface area (Å²) in [6.07, 6.45) is 1.84. The first-order valence-corrected chi connectivity index (χ1v) is 8.36. The Balaban J connectivity index is 2.34. The van der Waals surface area contributed by atoms with Gasteiger partial charge in [0.05, 0.1) is 18.4 Å². The Kier molecular flexibility index (Phi) is 6.39. The molecule has 1 aliphatic rings. The molecule has 7 nitrogen and oxygen atoms in total. The SMILES string of the molecule is CCN(CC(=O)O)C1CC(NS(=O)(=O)CCCC#N)C1. The lowest BCUT2D eigenvalue weighted by molar-refractivity contribution is -0.139. The molecule has 20 heavy (non-hydrogen) atoms. The van der Waals surface area contributed by atoms with Gasteiger partial charge in [-0.3, -0.25) is 9.69 Å². The van der Waals surface area contributed by atoms with Crippen LogP contribution in [-0.2, 0) is 14.8 Å². The largest absolute Gasteiger partial charge is 0.480 e. The first kappa shape index (κ1) is 16.9. The van der Waals surface area contributed by atoms with Crippen LogP contribution in [0.2, 0.25) is 0 Å². The van der Waals surface area contributed by atoms with Crippen molar-refractivity contribution < 1.29 is 18.3 Å². The topological polar surface area (TPSA) is 110 Å². The summed E-state index contributed by atoms with van der Waals surface area (Å²) < 4.78 is 26.0. The van der Waals surface area contributed by atoms with Crippen molar-refractivity contribution in [2.45, 2.75) is 44.7 Å². The average molecular weight is 303 g/mol. The lowest BCUT2D eigenvalue weighted by Gasteiger charge is -2.42. The van der Waals surface area contributed by atoms with Gasteiger partial charge in [-0.2, -0.15) is 5.26 Å². The maximum absolute atomic E-state index is 11.7. The number of unbranched alkanes of at least 4 members (excludes halogenated alkanes) is 1. The number of likely N-dealkylation sites (N-methyl/N-ethyl adjacent to an activating group) is 1. The Morgan fingerprint density at radius 2 is 2.15 bits per heavy atom. The van der Waals surface area contributed by atoms with E-state index in [0.717, 1.165) is 0 Å². The summed E-state index contributed by atoms with van der Waals surface area (Å²) >= 11 is 0. The molecule has 8 heteroatoms. The van der Waals surface area contributed by atoms with Crippen molar-refractivity contribution in [3.8, 4) is 6.07 Å². The lowest BCUT2D eigenvalue weighted by atomic mass is 9.86. The number of carboxylic acid groups (broad SMARTS) is 1. The van der Waals surface area contributed by atoms with Crippen LogP contribution >= 0.6 is 0 Å². The summed E-state index contributed by atoms with van der Waals surface area (Å²) in [4.78, 5) is 12.5. The second kappa shape index (κ2) is 7.57. The minimum absolute atomic E-state index is 0.0111. The molecule has 114 valence electrons. The third-order valence-corrected chi connectivity index (χ3v) is 4.94. The Bertz CT molecular complexity index is 466. The molecule has 0 heterocycles. The van der Waals surface area contributed by atoms with Gasteiger partial charge < -0.3 is 5.11 Å². The number of carbonyl (C=O) groups is 1. The fourth-order valence-electron chi connectivity index (χ4n) is 2.31. The smallest absolute Gasteiger partial charge is 0.317 e. The maximum atomic E-state index is 11.7. The molecule has 0 amide bonds. The van der Waals surface area contributed by atoms with Crippen molar-refractivity contribution in [1.29, 1.82) is 5.26 Å². The second-order valence-electron chi connectivity index (χ2n) is 4.98. The van der Waals surface area contributed by atoms with Crippen LogP contribution in [0.15, 0.2) is 0 Å². The number of carboxylic acids is 1. The number of aliphatic carboxylic acids is 1. The quantitative estimate of drug-likeness (QED) is 0.586. The van der Waals surface area contributed by atoms with Crippen molar-refractivity contribution in [2.75, 3.05) is 18.8 Å². The van der Waals surface area contributed by atoms with Gasteiger partial charge in [-0.1, -0.05) is 6.92 Å². The summed E-state index contributed by atoms with van der Waals surface area (Å²) in [5.74, 6) is -0.902. The standard InChI is InChI=1S/C12H21N3O4S/c1-2-15(9-12(16)17)11-7-10(8-11)14-20(18,19)6-4-3-5-13/h10-11,14H,2-4,6-9H2,1H3,(H,16,17). The molecular formula is C12H21N3O4S. The molecule has 0 spiro atoms. The molecule has 2 N–H and O–H groups in total. The molecule has 1 rings (SSSR count). The fraction of sp³-hybridized carbons (Fsp3) is 0.833. The maximum Gasteiger partial charge on any atom is 0.317 e. The highest BCUT2D eigenvalue weighted by Crippen LogP contribution is 2.26. The highest BCUT2D eigenvalue weighted by molar-refractivity contribution is 7.89. The molecule has 0 radical (unpaired) electrons. The van der Waals surface area contributed by atoms with Crippen LogP contribution in [0.3, 0.4) is 0 Å². The van der Waals surface area contributed by atoms with Gasteiger partial charge in [0.1, 0.15) is 0 Å². The van der Waals surface area contributed by atoms with E-state index in [1.54, 1.807) is 0 Å². The highest BCUT2D eigenvalue weighted by Gasteiger charge is 2.35. The summed E-state index contributed by atoms with van der Waals surface area (Å²) in [5, 5.41) is 17.2. The van der Waals surface area contributed by atoms with E-state index < -0.39 is 16.0 Å². The van der Waals surface area contributed by atoms with E-state index in [9.17, 15) is 13.2 Å². The number of nitriles is 1. The fourth-order valence-corrected chi connectivity index (χ4v) is 3.65. The predicted octanol–water partition coefficient (Wildman–Crippen LogP) is 0.147. The van der Waals surface area contributed by atoms with Crippen LogP contribution in [0, 0.1) is 11.3 Å². The van der Waals surface area contributed by atoms with Crippen LogP contribution in [0.1, 0.15) is 32.6 Å². The van der Waals surface area contributed by atoms with Gasteiger partial charge in [-0.05, 0) is 25.8 Å². The molecular weight excluding hydrogens is 282 g/mol. The van der Waals surface area contributed by atoms with Crippen LogP contribution in [0.25, 0.3) is 0 Å². The molecule has 0 bridgehead atoms.